The van der Waals surface area contributed by atoms with Gasteiger partial charge in [-0.05, 0) is 39.5 Å². The molecular weight excluding hydrogens is 416 g/mol. The lowest BCUT2D eigenvalue weighted by Gasteiger charge is -2.41. The molecular formula is C23H36N2O5S. The summed E-state index contributed by atoms with van der Waals surface area (Å²) in [7, 11) is 0. The van der Waals surface area contributed by atoms with Crippen molar-refractivity contribution < 1.29 is 24.6 Å². The number of aliphatic hydroxyl groups is 1. The molecule has 3 saturated heterocycles. The minimum atomic E-state index is -0.970. The van der Waals surface area contributed by atoms with E-state index in [1.165, 1.54) is 11.8 Å². The van der Waals surface area contributed by atoms with Crippen LogP contribution in [0, 0.1) is 11.8 Å². The van der Waals surface area contributed by atoms with Crippen LogP contribution < -0.4 is 0 Å². The maximum Gasteiger partial charge on any atom is 0.308 e. The summed E-state index contributed by atoms with van der Waals surface area (Å²) in [5.41, 5.74) is 0. The number of carboxylic acid groups (broad SMARTS) is 1. The van der Waals surface area contributed by atoms with Crippen LogP contribution in [0.4, 0.5) is 0 Å². The number of aliphatic carboxylic acids is 1. The number of rotatable bonds is 10. The van der Waals surface area contributed by atoms with Crippen molar-refractivity contribution in [1.29, 1.82) is 0 Å². The van der Waals surface area contributed by atoms with Crippen LogP contribution in [-0.2, 0) is 14.4 Å². The van der Waals surface area contributed by atoms with Gasteiger partial charge in [0.15, 0.2) is 0 Å². The summed E-state index contributed by atoms with van der Waals surface area (Å²) in [6.45, 7) is 11.8. The second-order valence-corrected chi connectivity index (χ2v) is 11.4. The van der Waals surface area contributed by atoms with Gasteiger partial charge in [0.2, 0.25) is 11.8 Å². The number of thioether (sulfide) groups is 1. The number of carbonyl (C=O) groups excluding carboxylic acids is 2. The molecule has 0 saturated carbocycles. The lowest BCUT2D eigenvalue weighted by atomic mass is 9.66. The number of carboxylic acids is 1. The molecule has 3 aliphatic heterocycles. The van der Waals surface area contributed by atoms with Crippen LogP contribution in [0.5, 0.6) is 0 Å². The lowest BCUT2D eigenvalue weighted by molar-refractivity contribution is -0.151. The highest BCUT2D eigenvalue weighted by Crippen LogP contribution is 2.71. The second kappa shape index (κ2) is 8.77. The molecule has 0 aromatic heterocycles. The summed E-state index contributed by atoms with van der Waals surface area (Å²) in [4.78, 5) is 43.4. The number of hydrogen-bond acceptors (Lipinski definition) is 5. The summed E-state index contributed by atoms with van der Waals surface area (Å²) in [6.07, 6.45) is 5.25. The molecule has 174 valence electrons. The van der Waals surface area contributed by atoms with E-state index in [9.17, 15) is 24.6 Å². The summed E-state index contributed by atoms with van der Waals surface area (Å²) in [5.74, 6) is -2.97. The van der Waals surface area contributed by atoms with Crippen LogP contribution >= 0.6 is 11.8 Å². The van der Waals surface area contributed by atoms with Crippen molar-refractivity contribution in [3.8, 4) is 0 Å². The van der Waals surface area contributed by atoms with Crippen molar-refractivity contribution in [2.24, 2.45) is 11.8 Å². The van der Waals surface area contributed by atoms with Gasteiger partial charge in [0.25, 0.3) is 0 Å². The Morgan fingerprint density at radius 1 is 1.39 bits per heavy atom. The zero-order chi connectivity index (χ0) is 23.1. The molecule has 1 spiro atoms. The van der Waals surface area contributed by atoms with E-state index in [2.05, 4.69) is 13.5 Å². The quantitative estimate of drug-likeness (QED) is 0.494. The molecule has 7 atom stereocenters. The molecule has 3 unspecified atom stereocenters. The smallest absolute Gasteiger partial charge is 0.308 e. The Kier molecular flexibility index (Phi) is 6.82. The Morgan fingerprint density at radius 2 is 2.06 bits per heavy atom. The van der Waals surface area contributed by atoms with E-state index in [1.54, 1.807) is 15.9 Å². The van der Waals surface area contributed by atoms with Gasteiger partial charge in [-0.1, -0.05) is 26.3 Å². The van der Waals surface area contributed by atoms with Gasteiger partial charge in [0, 0.05) is 17.3 Å². The van der Waals surface area contributed by atoms with E-state index in [4.69, 9.17) is 0 Å². The molecule has 2 N–H and O–H groups in total. The fourth-order valence-corrected chi connectivity index (χ4v) is 8.51. The van der Waals surface area contributed by atoms with E-state index < -0.39 is 39.4 Å². The molecule has 0 radical (unpaired) electrons. The maximum absolute atomic E-state index is 14.1. The van der Waals surface area contributed by atoms with E-state index in [0.717, 1.165) is 12.8 Å². The van der Waals surface area contributed by atoms with E-state index in [1.807, 2.05) is 20.8 Å². The Balaban J connectivity index is 2.12. The van der Waals surface area contributed by atoms with Crippen LogP contribution in [0.1, 0.15) is 59.8 Å². The third kappa shape index (κ3) is 3.50. The molecule has 7 nitrogen and oxygen atoms in total. The van der Waals surface area contributed by atoms with Crippen LogP contribution in [0.2, 0.25) is 0 Å². The van der Waals surface area contributed by atoms with Crippen molar-refractivity contribution in [3.05, 3.63) is 12.7 Å². The Hall–Kier alpha value is -1.54. The van der Waals surface area contributed by atoms with Crippen molar-refractivity contribution in [3.63, 3.8) is 0 Å². The fourth-order valence-electron chi connectivity index (χ4n) is 6.18. The predicted molar refractivity (Wildman–Crippen MR) is 121 cm³/mol. The highest BCUT2D eigenvalue weighted by molar-refractivity contribution is 8.02. The summed E-state index contributed by atoms with van der Waals surface area (Å²) in [5, 5.41) is 20.1. The molecule has 3 fully saturated rings. The standard InChI is InChI=1S/C23H36N2O5S/c1-6-9-14(4)24(12-7-2)20(28)18-23-11-10-22(5,31-23)17(21(29)30)16(23)19(27)25(18)15(8-3)13-26/h7,14-18,26H,2,6,8-13H2,1,3-5H3,(H,29,30)/t14?,15-,16-,17-,18?,22+,23?/m0/s1. The zero-order valence-electron chi connectivity index (χ0n) is 19.0. The molecule has 3 heterocycles. The number of fused-ring (bicyclic) bond motifs is 1. The van der Waals surface area contributed by atoms with Crippen LogP contribution in [-0.4, -0.2) is 78.6 Å². The highest BCUT2D eigenvalue weighted by atomic mass is 32.2. The van der Waals surface area contributed by atoms with Crippen molar-refractivity contribution in [2.45, 2.75) is 87.4 Å². The first-order chi connectivity index (χ1) is 14.6. The minimum absolute atomic E-state index is 0.0217. The Labute approximate surface area is 189 Å². The number of hydrogen-bond donors (Lipinski definition) is 2. The van der Waals surface area contributed by atoms with Gasteiger partial charge in [-0.3, -0.25) is 14.4 Å². The molecule has 0 aliphatic carbocycles. The molecule has 0 aromatic carbocycles. The molecule has 2 amide bonds. The number of aliphatic hydroxyl groups excluding tert-OH is 1. The van der Waals surface area contributed by atoms with Gasteiger partial charge in [-0.25, -0.2) is 0 Å². The van der Waals surface area contributed by atoms with Crippen LogP contribution in [0.15, 0.2) is 12.7 Å². The second-order valence-electron chi connectivity index (χ2n) is 9.47. The summed E-state index contributed by atoms with van der Waals surface area (Å²) in [6, 6.07) is -1.29. The van der Waals surface area contributed by atoms with Crippen molar-refractivity contribution in [2.75, 3.05) is 13.2 Å². The molecule has 0 aromatic rings. The average molecular weight is 453 g/mol. The number of nitrogens with zero attached hydrogens (tertiary/aromatic N) is 2. The van der Waals surface area contributed by atoms with Crippen LogP contribution in [0.3, 0.4) is 0 Å². The molecule has 31 heavy (non-hydrogen) atoms. The number of amides is 2. The lowest BCUT2D eigenvalue weighted by Crippen LogP contribution is -2.58. The first kappa shape index (κ1) is 24.1. The molecule has 8 heteroatoms. The highest BCUT2D eigenvalue weighted by Gasteiger charge is 2.78. The van der Waals surface area contributed by atoms with Gasteiger partial charge in [0.05, 0.1) is 29.2 Å². The monoisotopic (exact) mass is 452 g/mol. The van der Waals surface area contributed by atoms with Gasteiger partial charge >= 0.3 is 5.97 Å². The van der Waals surface area contributed by atoms with Gasteiger partial charge in [-0.15, -0.1) is 18.3 Å². The zero-order valence-corrected chi connectivity index (χ0v) is 19.9. The average Bonchev–Trinajstić information content (AvgIpc) is 3.28. The van der Waals surface area contributed by atoms with E-state index in [-0.39, 0.29) is 24.5 Å². The summed E-state index contributed by atoms with van der Waals surface area (Å²) < 4.78 is -1.32. The van der Waals surface area contributed by atoms with Gasteiger partial charge in [0.1, 0.15) is 6.04 Å². The number of likely N-dealkylation sites (tertiary alicyclic amines) is 1. The first-order valence-electron chi connectivity index (χ1n) is 11.4. The topological polar surface area (TPSA) is 98.2 Å². The minimum Gasteiger partial charge on any atom is -0.481 e. The normalized spacial score (nSPS) is 35.7. The molecule has 2 bridgehead atoms. The van der Waals surface area contributed by atoms with Crippen LogP contribution in [0.25, 0.3) is 0 Å². The SMILES string of the molecule is C=CCN(C(=O)C1N([C@@H](CC)CO)C(=O)[C@@H]2[C@@H](C(=O)O)[C@@]3(C)CCC12S3)C(C)CCC. The first-order valence-corrected chi connectivity index (χ1v) is 12.2. The van der Waals surface area contributed by atoms with Gasteiger partial charge in [-0.2, -0.15) is 0 Å². The fraction of sp³-hybridized carbons (Fsp3) is 0.783. The van der Waals surface area contributed by atoms with E-state index >= 15 is 0 Å². The van der Waals surface area contributed by atoms with Crippen molar-refractivity contribution in [1.82, 2.24) is 9.80 Å². The Bertz CT molecular complexity index is 756. The van der Waals surface area contributed by atoms with E-state index in [0.29, 0.717) is 25.8 Å². The molecule has 3 rings (SSSR count). The van der Waals surface area contributed by atoms with Crippen molar-refractivity contribution >= 4 is 29.5 Å². The maximum atomic E-state index is 14.1. The van der Waals surface area contributed by atoms with Gasteiger partial charge < -0.3 is 20.0 Å². The predicted octanol–water partition coefficient (Wildman–Crippen LogP) is 2.53. The largest absolute Gasteiger partial charge is 0.481 e. The third-order valence-corrected chi connectivity index (χ3v) is 9.62. The summed E-state index contributed by atoms with van der Waals surface area (Å²) >= 11 is 1.53. The number of carbonyl (C=O) groups is 3. The molecule has 3 aliphatic rings. The third-order valence-electron chi connectivity index (χ3n) is 7.64. The Morgan fingerprint density at radius 3 is 2.58 bits per heavy atom.